The second-order valence-electron chi connectivity index (χ2n) is 6.16. The molecule has 0 aliphatic carbocycles. The summed E-state index contributed by atoms with van der Waals surface area (Å²) in [5, 5.41) is 5.85. The first-order chi connectivity index (χ1) is 12.5. The molecule has 0 atom stereocenters. The highest BCUT2D eigenvalue weighted by atomic mass is 32.1. The highest BCUT2D eigenvalue weighted by Crippen LogP contribution is 2.18. The van der Waals surface area contributed by atoms with Gasteiger partial charge in [0.1, 0.15) is 11.5 Å². The molecule has 0 saturated heterocycles. The van der Waals surface area contributed by atoms with E-state index >= 15 is 0 Å². The van der Waals surface area contributed by atoms with Crippen molar-refractivity contribution in [2.24, 2.45) is 5.92 Å². The fraction of sp³-hybridized carbons (Fsp3) is 0.300. The third-order valence-electron chi connectivity index (χ3n) is 3.65. The molecule has 138 valence electrons. The van der Waals surface area contributed by atoms with E-state index in [1.165, 1.54) is 7.11 Å². The minimum absolute atomic E-state index is 0.217. The Hall–Kier alpha value is -2.60. The van der Waals surface area contributed by atoms with Gasteiger partial charge in [-0.1, -0.05) is 26.0 Å². The summed E-state index contributed by atoms with van der Waals surface area (Å²) >= 11 is 5.21. The van der Waals surface area contributed by atoms with E-state index < -0.39 is 0 Å². The van der Waals surface area contributed by atoms with Crippen molar-refractivity contribution in [3.8, 4) is 11.5 Å². The smallest absolute Gasteiger partial charge is 0.261 e. The van der Waals surface area contributed by atoms with Crippen molar-refractivity contribution in [2.45, 2.75) is 20.3 Å². The van der Waals surface area contributed by atoms with Crippen LogP contribution in [0.2, 0.25) is 0 Å². The Bertz CT molecular complexity index is 745. The summed E-state index contributed by atoms with van der Waals surface area (Å²) in [6.07, 6.45) is 1.01. The van der Waals surface area contributed by atoms with Gasteiger partial charge in [0.25, 0.3) is 5.91 Å². The number of benzene rings is 2. The molecule has 0 aliphatic heterocycles. The van der Waals surface area contributed by atoms with Crippen molar-refractivity contribution in [2.75, 3.05) is 19.0 Å². The third kappa shape index (κ3) is 6.04. The quantitative estimate of drug-likeness (QED) is 0.712. The average Bonchev–Trinajstić information content (AvgIpc) is 2.62. The van der Waals surface area contributed by atoms with E-state index in [1.54, 1.807) is 24.3 Å². The SMILES string of the molecule is COc1ccccc1C(=O)NC(=S)Nc1ccc(OCCC(C)C)cc1. The maximum absolute atomic E-state index is 12.3. The number of carbonyl (C=O) groups excluding carboxylic acids is 1. The van der Waals surface area contributed by atoms with Crippen LogP contribution in [0.25, 0.3) is 0 Å². The second kappa shape index (κ2) is 9.77. The standard InChI is InChI=1S/C20H24N2O3S/c1-14(2)12-13-25-16-10-8-15(9-11-16)21-20(26)22-19(23)17-6-4-5-7-18(17)24-3/h4-11,14H,12-13H2,1-3H3,(H2,21,22,23,26). The zero-order valence-corrected chi connectivity index (χ0v) is 16.1. The molecule has 2 aromatic rings. The van der Waals surface area contributed by atoms with Gasteiger partial charge in [-0.25, -0.2) is 0 Å². The van der Waals surface area contributed by atoms with Crippen molar-refractivity contribution < 1.29 is 14.3 Å². The molecule has 0 heterocycles. The van der Waals surface area contributed by atoms with Gasteiger partial charge in [0.05, 0.1) is 19.3 Å². The lowest BCUT2D eigenvalue weighted by molar-refractivity contribution is 0.0975. The Morgan fingerprint density at radius 3 is 2.46 bits per heavy atom. The predicted octanol–water partition coefficient (Wildman–Crippen LogP) is 4.25. The molecule has 0 fully saturated rings. The Morgan fingerprint density at radius 2 is 1.81 bits per heavy atom. The van der Waals surface area contributed by atoms with Crippen LogP contribution in [0.5, 0.6) is 11.5 Å². The van der Waals surface area contributed by atoms with Crippen LogP contribution in [-0.4, -0.2) is 24.7 Å². The van der Waals surface area contributed by atoms with Gasteiger partial charge < -0.3 is 14.8 Å². The Morgan fingerprint density at radius 1 is 1.12 bits per heavy atom. The number of ether oxygens (including phenoxy) is 2. The molecule has 2 aromatic carbocycles. The summed E-state index contributed by atoms with van der Waals surface area (Å²) in [7, 11) is 1.52. The number of amides is 1. The number of rotatable bonds is 7. The fourth-order valence-corrected chi connectivity index (χ4v) is 2.42. The Labute approximate surface area is 159 Å². The maximum atomic E-state index is 12.3. The lowest BCUT2D eigenvalue weighted by Crippen LogP contribution is -2.34. The van der Waals surface area contributed by atoms with Crippen LogP contribution in [0.3, 0.4) is 0 Å². The van der Waals surface area contributed by atoms with Gasteiger partial charge >= 0.3 is 0 Å². The van der Waals surface area contributed by atoms with E-state index in [2.05, 4.69) is 24.5 Å². The normalized spacial score (nSPS) is 10.3. The van der Waals surface area contributed by atoms with E-state index in [-0.39, 0.29) is 11.0 Å². The molecule has 0 saturated carbocycles. The first-order valence-corrected chi connectivity index (χ1v) is 8.88. The average molecular weight is 372 g/mol. The predicted molar refractivity (Wildman–Crippen MR) is 108 cm³/mol. The Balaban J connectivity index is 1.88. The summed E-state index contributed by atoms with van der Waals surface area (Å²) in [5.74, 6) is 1.59. The molecular weight excluding hydrogens is 348 g/mol. The number of methoxy groups -OCH3 is 1. The van der Waals surface area contributed by atoms with Gasteiger partial charge in [0, 0.05) is 5.69 Å². The molecule has 0 aromatic heterocycles. The highest BCUT2D eigenvalue weighted by molar-refractivity contribution is 7.80. The summed E-state index contributed by atoms with van der Waals surface area (Å²) in [5.41, 5.74) is 1.19. The molecule has 0 radical (unpaired) electrons. The van der Waals surface area contributed by atoms with E-state index in [0.717, 1.165) is 17.9 Å². The van der Waals surface area contributed by atoms with Crippen LogP contribution in [-0.2, 0) is 0 Å². The minimum atomic E-state index is -0.325. The molecule has 2 N–H and O–H groups in total. The van der Waals surface area contributed by atoms with E-state index in [4.69, 9.17) is 21.7 Å². The van der Waals surface area contributed by atoms with Crippen LogP contribution >= 0.6 is 12.2 Å². The van der Waals surface area contributed by atoms with E-state index in [9.17, 15) is 4.79 Å². The maximum Gasteiger partial charge on any atom is 0.261 e. The van der Waals surface area contributed by atoms with Crippen molar-refractivity contribution >= 4 is 28.9 Å². The van der Waals surface area contributed by atoms with Gasteiger partial charge in [-0.3, -0.25) is 10.1 Å². The number of hydrogen-bond donors (Lipinski definition) is 2. The number of thiocarbonyl (C=S) groups is 1. The molecule has 5 nitrogen and oxygen atoms in total. The van der Waals surface area contributed by atoms with Crippen molar-refractivity contribution in [3.63, 3.8) is 0 Å². The molecule has 6 heteroatoms. The largest absolute Gasteiger partial charge is 0.496 e. The van der Waals surface area contributed by atoms with Gasteiger partial charge in [0.15, 0.2) is 5.11 Å². The number of para-hydroxylation sites is 1. The van der Waals surface area contributed by atoms with Crippen LogP contribution in [0.4, 0.5) is 5.69 Å². The van der Waals surface area contributed by atoms with Gasteiger partial charge in [-0.2, -0.15) is 0 Å². The summed E-state index contributed by atoms with van der Waals surface area (Å²) in [6, 6.07) is 14.4. The van der Waals surface area contributed by atoms with E-state index in [0.29, 0.717) is 23.8 Å². The number of nitrogens with one attached hydrogen (secondary N) is 2. The highest BCUT2D eigenvalue weighted by Gasteiger charge is 2.12. The van der Waals surface area contributed by atoms with Gasteiger partial charge in [-0.15, -0.1) is 0 Å². The molecule has 0 spiro atoms. The number of anilines is 1. The lowest BCUT2D eigenvalue weighted by atomic mass is 10.1. The van der Waals surface area contributed by atoms with Crippen LogP contribution in [0, 0.1) is 5.92 Å². The van der Waals surface area contributed by atoms with Crippen molar-refractivity contribution in [1.82, 2.24) is 5.32 Å². The molecule has 26 heavy (non-hydrogen) atoms. The van der Waals surface area contributed by atoms with Crippen LogP contribution in [0.15, 0.2) is 48.5 Å². The summed E-state index contributed by atoms with van der Waals surface area (Å²) < 4.78 is 10.9. The number of carbonyl (C=O) groups is 1. The zero-order chi connectivity index (χ0) is 18.9. The topological polar surface area (TPSA) is 59.6 Å². The minimum Gasteiger partial charge on any atom is -0.496 e. The molecule has 0 unspecified atom stereocenters. The van der Waals surface area contributed by atoms with Crippen LogP contribution < -0.4 is 20.1 Å². The second-order valence-corrected chi connectivity index (χ2v) is 6.57. The molecular formula is C20H24N2O3S. The lowest BCUT2D eigenvalue weighted by Gasteiger charge is -2.12. The molecule has 0 aliphatic rings. The fourth-order valence-electron chi connectivity index (χ4n) is 2.21. The summed E-state index contributed by atoms with van der Waals surface area (Å²) in [4.78, 5) is 12.3. The van der Waals surface area contributed by atoms with Crippen LogP contribution in [0.1, 0.15) is 30.6 Å². The van der Waals surface area contributed by atoms with Crippen molar-refractivity contribution in [3.05, 3.63) is 54.1 Å². The molecule has 0 bridgehead atoms. The monoisotopic (exact) mass is 372 g/mol. The van der Waals surface area contributed by atoms with Crippen molar-refractivity contribution in [1.29, 1.82) is 0 Å². The van der Waals surface area contributed by atoms with Gasteiger partial charge in [0.2, 0.25) is 0 Å². The first kappa shape index (κ1) is 19.7. The number of hydrogen-bond acceptors (Lipinski definition) is 4. The zero-order valence-electron chi connectivity index (χ0n) is 15.2. The first-order valence-electron chi connectivity index (χ1n) is 8.48. The molecule has 1 amide bonds. The van der Waals surface area contributed by atoms with E-state index in [1.807, 2.05) is 24.3 Å². The molecule has 2 rings (SSSR count). The third-order valence-corrected chi connectivity index (χ3v) is 3.86. The van der Waals surface area contributed by atoms with Gasteiger partial charge in [-0.05, 0) is 61.0 Å². The Kier molecular flexibility index (Phi) is 7.41. The summed E-state index contributed by atoms with van der Waals surface area (Å²) in [6.45, 7) is 5.02.